The number of hydrogen-bond donors (Lipinski definition) is 0. The third-order valence-electron chi connectivity index (χ3n) is 5.35. The van der Waals surface area contributed by atoms with Gasteiger partial charge in [-0.2, -0.15) is 0 Å². The van der Waals surface area contributed by atoms with E-state index in [9.17, 15) is 0 Å². The van der Waals surface area contributed by atoms with E-state index in [-0.39, 0.29) is 0 Å². The van der Waals surface area contributed by atoms with Crippen molar-refractivity contribution in [3.63, 3.8) is 0 Å². The Morgan fingerprint density at radius 2 is 1.24 bits per heavy atom. The summed E-state index contributed by atoms with van der Waals surface area (Å²) in [4.78, 5) is 0. The molecule has 0 aliphatic carbocycles. The molecule has 0 saturated heterocycles. The monoisotopic (exact) mass is 349 g/mol. The van der Waals surface area contributed by atoms with Gasteiger partial charge in [0.2, 0.25) is 0 Å². The van der Waals surface area contributed by atoms with E-state index in [0.717, 1.165) is 0 Å². The Balaban J connectivity index is 2.47. The van der Waals surface area contributed by atoms with Crippen LogP contribution < -0.4 is 4.57 Å². The standard InChI is InChI=1S/C23H45N2/c1-4-7-10-12-13-15-18-23-24(19-16-9-6-3)21-22-25(23)20-17-14-11-8-5-2/h21-22H,4-20H2,1-3H3/q+1. The van der Waals surface area contributed by atoms with Crippen LogP contribution in [0.5, 0.6) is 0 Å². The summed E-state index contributed by atoms with van der Waals surface area (Å²) in [5.74, 6) is 1.59. The van der Waals surface area contributed by atoms with E-state index in [1.54, 1.807) is 5.82 Å². The van der Waals surface area contributed by atoms with E-state index in [2.05, 4.69) is 42.3 Å². The lowest BCUT2D eigenvalue weighted by molar-refractivity contribution is -0.704. The van der Waals surface area contributed by atoms with E-state index < -0.39 is 0 Å². The van der Waals surface area contributed by atoms with Gasteiger partial charge in [0.25, 0.3) is 5.82 Å². The highest BCUT2D eigenvalue weighted by atomic mass is 15.1. The van der Waals surface area contributed by atoms with Gasteiger partial charge in [0.1, 0.15) is 12.4 Å². The Morgan fingerprint density at radius 1 is 0.680 bits per heavy atom. The number of aromatic nitrogens is 2. The zero-order valence-corrected chi connectivity index (χ0v) is 17.6. The van der Waals surface area contributed by atoms with Crippen LogP contribution in [-0.2, 0) is 19.5 Å². The lowest BCUT2D eigenvalue weighted by atomic mass is 10.1. The molecule has 1 heterocycles. The van der Waals surface area contributed by atoms with Crippen molar-refractivity contribution < 1.29 is 4.57 Å². The number of nitrogens with zero attached hydrogens (tertiary/aromatic N) is 2. The van der Waals surface area contributed by atoms with Gasteiger partial charge in [-0.1, -0.05) is 78.6 Å². The first-order valence-corrected chi connectivity index (χ1v) is 11.4. The van der Waals surface area contributed by atoms with Crippen molar-refractivity contribution in [2.45, 2.75) is 130 Å². The molecule has 0 radical (unpaired) electrons. The molecule has 146 valence electrons. The normalized spacial score (nSPS) is 11.3. The van der Waals surface area contributed by atoms with Gasteiger partial charge in [-0.15, -0.1) is 0 Å². The molecule has 1 aromatic rings. The van der Waals surface area contributed by atoms with E-state index >= 15 is 0 Å². The van der Waals surface area contributed by atoms with Crippen LogP contribution in [0.25, 0.3) is 0 Å². The van der Waals surface area contributed by atoms with Gasteiger partial charge >= 0.3 is 0 Å². The van der Waals surface area contributed by atoms with E-state index in [0.29, 0.717) is 0 Å². The Labute approximate surface area is 158 Å². The molecule has 25 heavy (non-hydrogen) atoms. The highest BCUT2D eigenvalue weighted by Crippen LogP contribution is 2.11. The zero-order valence-electron chi connectivity index (χ0n) is 17.6. The van der Waals surface area contributed by atoms with Crippen LogP contribution in [0.2, 0.25) is 0 Å². The lowest BCUT2D eigenvalue weighted by Crippen LogP contribution is -2.37. The van der Waals surface area contributed by atoms with Crippen LogP contribution >= 0.6 is 0 Å². The Hall–Kier alpha value is -0.790. The maximum absolute atomic E-state index is 2.56. The maximum atomic E-state index is 2.56. The van der Waals surface area contributed by atoms with E-state index in [1.807, 2.05) is 0 Å². The number of aryl methyl sites for hydroxylation is 2. The summed E-state index contributed by atoms with van der Waals surface area (Å²) in [5.41, 5.74) is 0. The number of imidazole rings is 1. The Bertz CT molecular complexity index is 408. The van der Waals surface area contributed by atoms with Crippen LogP contribution in [0.15, 0.2) is 12.4 Å². The number of hydrogen-bond acceptors (Lipinski definition) is 0. The third-order valence-corrected chi connectivity index (χ3v) is 5.35. The van der Waals surface area contributed by atoms with Crippen molar-refractivity contribution in [2.75, 3.05) is 0 Å². The molecule has 2 nitrogen and oxygen atoms in total. The van der Waals surface area contributed by atoms with Gasteiger partial charge in [-0.3, -0.25) is 0 Å². The molecule has 0 atom stereocenters. The first-order chi connectivity index (χ1) is 12.3. The molecule has 0 aliphatic heterocycles. The van der Waals surface area contributed by atoms with Gasteiger partial charge in [0, 0.05) is 6.42 Å². The summed E-state index contributed by atoms with van der Waals surface area (Å²) >= 11 is 0. The van der Waals surface area contributed by atoms with Gasteiger partial charge in [-0.25, -0.2) is 9.13 Å². The van der Waals surface area contributed by atoms with E-state index in [1.165, 1.54) is 109 Å². The fraction of sp³-hybridized carbons (Fsp3) is 0.870. The summed E-state index contributed by atoms with van der Waals surface area (Å²) in [6.07, 6.45) is 25.2. The molecule has 0 aliphatic rings. The summed E-state index contributed by atoms with van der Waals surface area (Å²) in [5, 5.41) is 0. The predicted molar refractivity (Wildman–Crippen MR) is 110 cm³/mol. The molecular weight excluding hydrogens is 304 g/mol. The van der Waals surface area contributed by atoms with Gasteiger partial charge < -0.3 is 0 Å². The fourth-order valence-corrected chi connectivity index (χ4v) is 3.67. The van der Waals surface area contributed by atoms with Gasteiger partial charge in [0.15, 0.2) is 0 Å². The summed E-state index contributed by atoms with van der Waals surface area (Å²) in [6.45, 7) is 9.32. The lowest BCUT2D eigenvalue weighted by Gasteiger charge is -2.06. The largest absolute Gasteiger partial charge is 0.256 e. The van der Waals surface area contributed by atoms with Crippen molar-refractivity contribution in [1.29, 1.82) is 0 Å². The molecule has 0 spiro atoms. The van der Waals surface area contributed by atoms with E-state index in [4.69, 9.17) is 0 Å². The van der Waals surface area contributed by atoms with Crippen molar-refractivity contribution in [3.8, 4) is 0 Å². The van der Waals surface area contributed by atoms with Gasteiger partial charge in [0.05, 0.1) is 13.1 Å². The van der Waals surface area contributed by atoms with Crippen molar-refractivity contribution >= 4 is 0 Å². The first kappa shape index (κ1) is 22.3. The second-order valence-electron chi connectivity index (χ2n) is 7.74. The Morgan fingerprint density at radius 3 is 1.92 bits per heavy atom. The average Bonchev–Trinajstić information content (AvgIpc) is 3.00. The number of unbranched alkanes of at least 4 members (excludes halogenated alkanes) is 11. The first-order valence-electron chi connectivity index (χ1n) is 11.4. The minimum atomic E-state index is 1.21. The van der Waals surface area contributed by atoms with Crippen molar-refractivity contribution in [2.24, 2.45) is 0 Å². The smallest absolute Gasteiger partial charge is 0.234 e. The second-order valence-corrected chi connectivity index (χ2v) is 7.74. The molecule has 0 bridgehead atoms. The Kier molecular flexibility index (Phi) is 13.8. The third kappa shape index (κ3) is 10.1. The molecular formula is C23H45N2+. The SMILES string of the molecule is CCCCCCCCc1n(CCCCCCC)cc[n+]1CCCCC. The van der Waals surface area contributed by atoms with Crippen LogP contribution in [0, 0.1) is 0 Å². The highest BCUT2D eigenvalue weighted by Gasteiger charge is 2.16. The summed E-state index contributed by atoms with van der Waals surface area (Å²) < 4.78 is 5.11. The molecule has 0 N–H and O–H groups in total. The molecule has 0 saturated carbocycles. The summed E-state index contributed by atoms with van der Waals surface area (Å²) in [6, 6.07) is 0. The molecule has 0 fully saturated rings. The molecule has 1 aromatic heterocycles. The summed E-state index contributed by atoms with van der Waals surface area (Å²) in [7, 11) is 0. The topological polar surface area (TPSA) is 8.81 Å². The molecule has 2 heteroatoms. The fourth-order valence-electron chi connectivity index (χ4n) is 3.67. The molecule has 0 aromatic carbocycles. The quantitative estimate of drug-likeness (QED) is 0.215. The van der Waals surface area contributed by atoms with Crippen LogP contribution in [0.3, 0.4) is 0 Å². The molecule has 1 rings (SSSR count). The molecule has 0 unspecified atom stereocenters. The van der Waals surface area contributed by atoms with Gasteiger partial charge in [-0.05, 0) is 32.1 Å². The van der Waals surface area contributed by atoms with Crippen LogP contribution in [0.4, 0.5) is 0 Å². The number of rotatable bonds is 17. The minimum Gasteiger partial charge on any atom is -0.234 e. The minimum absolute atomic E-state index is 1.21. The highest BCUT2D eigenvalue weighted by molar-refractivity contribution is 4.84. The average molecular weight is 350 g/mol. The van der Waals surface area contributed by atoms with Crippen molar-refractivity contribution in [1.82, 2.24) is 4.57 Å². The van der Waals surface area contributed by atoms with Crippen molar-refractivity contribution in [3.05, 3.63) is 18.2 Å². The van der Waals surface area contributed by atoms with Crippen LogP contribution in [-0.4, -0.2) is 4.57 Å². The molecule has 0 amide bonds. The maximum Gasteiger partial charge on any atom is 0.256 e. The second kappa shape index (κ2) is 15.5. The zero-order chi connectivity index (χ0) is 18.2. The van der Waals surface area contributed by atoms with Crippen LogP contribution in [0.1, 0.15) is 116 Å². The predicted octanol–water partition coefficient (Wildman–Crippen LogP) is 6.84.